The summed E-state index contributed by atoms with van der Waals surface area (Å²) in [4.78, 5) is 2.11. The van der Waals surface area contributed by atoms with Crippen LogP contribution in [0.25, 0.3) is 0 Å². The van der Waals surface area contributed by atoms with Crippen molar-refractivity contribution in [1.29, 1.82) is 0 Å². The maximum absolute atomic E-state index is 13.7. The first kappa shape index (κ1) is 21.6. The number of halogens is 1. The predicted octanol–water partition coefficient (Wildman–Crippen LogP) is 1.03. The molecule has 1 atom stereocenters. The van der Waals surface area contributed by atoms with Crippen molar-refractivity contribution in [3.05, 3.63) is 29.6 Å². The molecule has 0 radical (unpaired) electrons. The number of ether oxygens (including phenoxy) is 1. The number of rotatable bonds is 7. The van der Waals surface area contributed by atoms with Gasteiger partial charge in [-0.1, -0.05) is 6.07 Å². The molecule has 0 saturated carbocycles. The molecule has 158 valence electrons. The zero-order valence-electron chi connectivity index (χ0n) is 16.0. The van der Waals surface area contributed by atoms with Crippen LogP contribution < -0.4 is 0 Å². The molecular formula is C18H27FN2O5S2. The number of sulfone groups is 1. The van der Waals surface area contributed by atoms with Crippen molar-refractivity contribution in [1.82, 2.24) is 9.21 Å². The zero-order valence-corrected chi connectivity index (χ0v) is 17.6. The van der Waals surface area contributed by atoms with Gasteiger partial charge >= 0.3 is 0 Å². The maximum Gasteiger partial charge on any atom is 0.243 e. The standard InChI is InChI=1S/C18H27FN2O5S2/c1-15-3-4-16(19)13-18(15)28(24,25)21(17-5-12-27(22,23)14-17)7-2-6-20-8-10-26-11-9-20/h3-4,13,17H,2,5-12,14H2,1H3. The van der Waals surface area contributed by atoms with Crippen LogP contribution in [-0.2, 0) is 24.6 Å². The average molecular weight is 435 g/mol. The fourth-order valence-corrected chi connectivity index (χ4v) is 7.51. The molecule has 28 heavy (non-hydrogen) atoms. The largest absolute Gasteiger partial charge is 0.379 e. The SMILES string of the molecule is Cc1ccc(F)cc1S(=O)(=O)N(CCCN1CCOCC1)C1CCS(=O)(=O)C1. The summed E-state index contributed by atoms with van der Waals surface area (Å²) >= 11 is 0. The Morgan fingerprint density at radius 2 is 2.00 bits per heavy atom. The van der Waals surface area contributed by atoms with Crippen molar-refractivity contribution in [2.24, 2.45) is 0 Å². The minimum Gasteiger partial charge on any atom is -0.379 e. The van der Waals surface area contributed by atoms with Gasteiger partial charge in [0.1, 0.15) is 5.82 Å². The molecule has 1 unspecified atom stereocenters. The summed E-state index contributed by atoms with van der Waals surface area (Å²) in [6, 6.07) is 3.06. The van der Waals surface area contributed by atoms with E-state index in [1.807, 2.05) is 0 Å². The van der Waals surface area contributed by atoms with E-state index in [1.54, 1.807) is 6.92 Å². The third kappa shape index (κ3) is 5.10. The van der Waals surface area contributed by atoms with E-state index >= 15 is 0 Å². The zero-order chi connectivity index (χ0) is 20.4. The summed E-state index contributed by atoms with van der Waals surface area (Å²) in [5, 5.41) is 0. The molecule has 7 nitrogen and oxygen atoms in total. The van der Waals surface area contributed by atoms with Gasteiger partial charge in [0.2, 0.25) is 10.0 Å². The summed E-state index contributed by atoms with van der Waals surface area (Å²) in [7, 11) is -7.26. The van der Waals surface area contributed by atoms with Gasteiger partial charge in [-0.3, -0.25) is 4.90 Å². The Labute approximate surface area is 166 Å². The summed E-state index contributed by atoms with van der Waals surface area (Å²) in [5.74, 6) is -0.829. The van der Waals surface area contributed by atoms with Gasteiger partial charge in [0.25, 0.3) is 0 Å². The highest BCUT2D eigenvalue weighted by atomic mass is 32.2. The lowest BCUT2D eigenvalue weighted by Crippen LogP contribution is -2.43. The quantitative estimate of drug-likeness (QED) is 0.638. The Morgan fingerprint density at radius 3 is 2.64 bits per heavy atom. The average Bonchev–Trinajstić information content (AvgIpc) is 3.00. The second-order valence-corrected chi connectivity index (χ2v) is 11.5. The van der Waals surface area contributed by atoms with Gasteiger partial charge in [-0.15, -0.1) is 0 Å². The number of hydrogen-bond donors (Lipinski definition) is 0. The van der Waals surface area contributed by atoms with E-state index in [0.717, 1.165) is 19.2 Å². The van der Waals surface area contributed by atoms with Crippen LogP contribution in [0.2, 0.25) is 0 Å². The molecule has 3 rings (SSSR count). The van der Waals surface area contributed by atoms with Gasteiger partial charge < -0.3 is 4.74 Å². The minimum absolute atomic E-state index is 0.0186. The number of benzene rings is 1. The normalized spacial score (nSPS) is 23.3. The van der Waals surface area contributed by atoms with Gasteiger partial charge in [0.15, 0.2) is 9.84 Å². The molecule has 1 aromatic rings. The number of hydrogen-bond acceptors (Lipinski definition) is 6. The minimum atomic E-state index is -4.01. The number of nitrogens with zero attached hydrogens (tertiary/aromatic N) is 2. The molecule has 0 amide bonds. The molecule has 2 aliphatic heterocycles. The van der Waals surface area contributed by atoms with Crippen LogP contribution in [0.3, 0.4) is 0 Å². The molecule has 0 spiro atoms. The molecule has 0 N–H and O–H groups in total. The molecule has 0 bridgehead atoms. The van der Waals surface area contributed by atoms with Crippen molar-refractivity contribution >= 4 is 19.9 Å². The highest BCUT2D eigenvalue weighted by Gasteiger charge is 2.39. The molecule has 2 saturated heterocycles. The first-order valence-electron chi connectivity index (χ1n) is 9.47. The lowest BCUT2D eigenvalue weighted by molar-refractivity contribution is 0.0367. The van der Waals surface area contributed by atoms with Crippen LogP contribution in [0.4, 0.5) is 4.39 Å². The molecule has 2 heterocycles. The van der Waals surface area contributed by atoms with Crippen molar-refractivity contribution in [3.8, 4) is 0 Å². The van der Waals surface area contributed by atoms with Gasteiger partial charge in [0.05, 0.1) is 29.6 Å². The number of morpholine rings is 1. The van der Waals surface area contributed by atoms with E-state index < -0.39 is 31.7 Å². The Morgan fingerprint density at radius 1 is 1.29 bits per heavy atom. The third-order valence-corrected chi connectivity index (χ3v) is 9.15. The van der Waals surface area contributed by atoms with E-state index in [-0.39, 0.29) is 29.4 Å². The van der Waals surface area contributed by atoms with Gasteiger partial charge in [-0.2, -0.15) is 4.31 Å². The van der Waals surface area contributed by atoms with Crippen molar-refractivity contribution in [2.75, 3.05) is 50.9 Å². The van der Waals surface area contributed by atoms with Crippen molar-refractivity contribution in [2.45, 2.75) is 30.7 Å². The molecular weight excluding hydrogens is 407 g/mol. The van der Waals surface area contributed by atoms with Crippen molar-refractivity contribution in [3.63, 3.8) is 0 Å². The summed E-state index contributed by atoms with van der Waals surface area (Å²) in [6.45, 7) is 5.44. The second-order valence-electron chi connectivity index (χ2n) is 7.39. The highest BCUT2D eigenvalue weighted by molar-refractivity contribution is 7.92. The van der Waals surface area contributed by atoms with Gasteiger partial charge in [-0.05, 0) is 44.0 Å². The van der Waals surface area contributed by atoms with Crippen LogP contribution in [0.1, 0.15) is 18.4 Å². The second kappa shape index (κ2) is 8.74. The smallest absolute Gasteiger partial charge is 0.243 e. The third-order valence-electron chi connectivity index (χ3n) is 5.31. The summed E-state index contributed by atoms with van der Waals surface area (Å²) in [6.07, 6.45) is 0.845. The maximum atomic E-state index is 13.7. The summed E-state index contributed by atoms with van der Waals surface area (Å²) in [5.41, 5.74) is 0.445. The van der Waals surface area contributed by atoms with Crippen LogP contribution >= 0.6 is 0 Å². The Balaban J connectivity index is 1.81. The van der Waals surface area contributed by atoms with Crippen LogP contribution in [-0.4, -0.2) is 83.0 Å². The Hall–Kier alpha value is -1.07. The molecule has 2 fully saturated rings. The number of aryl methyl sites for hydroxylation is 1. The predicted molar refractivity (Wildman–Crippen MR) is 104 cm³/mol. The first-order chi connectivity index (χ1) is 13.2. The van der Waals surface area contributed by atoms with Gasteiger partial charge in [-0.25, -0.2) is 21.2 Å². The van der Waals surface area contributed by atoms with E-state index in [1.165, 1.54) is 16.4 Å². The molecule has 1 aromatic carbocycles. The molecule has 10 heteroatoms. The summed E-state index contributed by atoms with van der Waals surface area (Å²) < 4.78 is 70.9. The monoisotopic (exact) mass is 434 g/mol. The van der Waals surface area contributed by atoms with E-state index in [9.17, 15) is 21.2 Å². The topological polar surface area (TPSA) is 84.0 Å². The highest BCUT2D eigenvalue weighted by Crippen LogP contribution is 2.27. The molecule has 0 aromatic heterocycles. The molecule has 2 aliphatic rings. The lowest BCUT2D eigenvalue weighted by Gasteiger charge is -2.30. The Kier molecular flexibility index (Phi) is 6.76. The van der Waals surface area contributed by atoms with Crippen LogP contribution in [0, 0.1) is 12.7 Å². The fraction of sp³-hybridized carbons (Fsp3) is 0.667. The van der Waals surface area contributed by atoms with E-state index in [4.69, 9.17) is 4.74 Å². The van der Waals surface area contributed by atoms with Crippen molar-refractivity contribution < 1.29 is 26.0 Å². The van der Waals surface area contributed by atoms with Gasteiger partial charge in [0, 0.05) is 25.7 Å². The fourth-order valence-electron chi connectivity index (χ4n) is 3.75. The first-order valence-corrected chi connectivity index (χ1v) is 12.7. The number of sulfonamides is 1. The molecule has 0 aliphatic carbocycles. The van der Waals surface area contributed by atoms with E-state index in [0.29, 0.717) is 31.7 Å². The van der Waals surface area contributed by atoms with E-state index in [2.05, 4.69) is 4.90 Å². The Bertz CT molecular complexity index is 899. The van der Waals surface area contributed by atoms with Crippen LogP contribution in [0.5, 0.6) is 0 Å². The lowest BCUT2D eigenvalue weighted by atomic mass is 10.2. The van der Waals surface area contributed by atoms with Crippen LogP contribution in [0.15, 0.2) is 23.1 Å².